The lowest BCUT2D eigenvalue weighted by Crippen LogP contribution is -1.75. The minimum Gasteiger partial charge on any atom is -0.361 e. The third-order valence-corrected chi connectivity index (χ3v) is 1.91. The summed E-state index contributed by atoms with van der Waals surface area (Å²) in [4.78, 5) is 3.16. The van der Waals surface area contributed by atoms with E-state index in [1.165, 1.54) is 16.5 Å². The van der Waals surface area contributed by atoms with Crippen LogP contribution < -0.4 is 0 Å². The molecule has 2 rings (SSSR count). The summed E-state index contributed by atoms with van der Waals surface area (Å²) in [6.07, 6.45) is 4.07. The maximum atomic E-state index is 3.16. The molecule has 1 nitrogen and oxygen atoms in total. The van der Waals surface area contributed by atoms with E-state index in [1.807, 2.05) is 13.1 Å². The second-order valence-corrected chi connectivity index (χ2v) is 2.61. The third-order valence-electron chi connectivity index (χ3n) is 1.91. The van der Waals surface area contributed by atoms with E-state index in [4.69, 9.17) is 0 Å². The third kappa shape index (κ3) is 1.03. The fraction of sp³-hybridized carbons (Fsp3) is 0.100. The summed E-state index contributed by atoms with van der Waals surface area (Å²) in [5.41, 5.74) is 2.48. The number of fused-ring (bicyclic) bond motifs is 1. The number of benzene rings is 1. The Bertz CT molecular complexity index is 360. The van der Waals surface area contributed by atoms with Gasteiger partial charge in [-0.25, -0.2) is 0 Å². The normalized spacial score (nSPS) is 10.6. The lowest BCUT2D eigenvalue weighted by molar-refractivity contribution is 1.43. The number of H-pyrrole nitrogens is 1. The molecule has 0 aliphatic carbocycles. The van der Waals surface area contributed by atoms with Crippen molar-refractivity contribution in [2.75, 3.05) is 0 Å². The van der Waals surface area contributed by atoms with Crippen LogP contribution in [0.15, 0.2) is 30.5 Å². The first-order chi connectivity index (χ1) is 5.40. The molecule has 1 heterocycles. The standard InChI is InChI=1S/C10H10N/c1-2-8-3-4-10-9(7-8)5-6-11-10/h2-7,11H,1H3. The minimum absolute atomic E-state index is 1.20. The van der Waals surface area contributed by atoms with Crippen molar-refractivity contribution >= 4 is 10.9 Å². The zero-order valence-electron chi connectivity index (χ0n) is 6.46. The Morgan fingerprint density at radius 3 is 3.00 bits per heavy atom. The Balaban J connectivity index is 2.67. The van der Waals surface area contributed by atoms with Gasteiger partial charge in [0.1, 0.15) is 0 Å². The predicted octanol–water partition coefficient (Wildman–Crippen LogP) is 2.74. The summed E-state index contributed by atoms with van der Waals surface area (Å²) in [7, 11) is 0. The molecule has 0 amide bonds. The molecule has 0 unspecified atom stereocenters. The SMILES string of the molecule is C[CH]c1ccc2[nH]ccc2c1. The van der Waals surface area contributed by atoms with Crippen LogP contribution in [0.2, 0.25) is 0 Å². The molecule has 0 aliphatic rings. The van der Waals surface area contributed by atoms with Crippen LogP contribution in [0.5, 0.6) is 0 Å². The zero-order chi connectivity index (χ0) is 7.68. The highest BCUT2D eigenvalue weighted by molar-refractivity contribution is 5.80. The molecule has 0 atom stereocenters. The van der Waals surface area contributed by atoms with Gasteiger partial charge in [-0.2, -0.15) is 0 Å². The van der Waals surface area contributed by atoms with Crippen molar-refractivity contribution in [3.63, 3.8) is 0 Å². The number of aromatic amines is 1. The summed E-state index contributed by atoms with van der Waals surface area (Å²) in [5.74, 6) is 0. The van der Waals surface area contributed by atoms with Gasteiger partial charge >= 0.3 is 0 Å². The van der Waals surface area contributed by atoms with Crippen molar-refractivity contribution < 1.29 is 0 Å². The number of hydrogen-bond acceptors (Lipinski definition) is 0. The zero-order valence-corrected chi connectivity index (χ0v) is 6.46. The van der Waals surface area contributed by atoms with E-state index in [1.54, 1.807) is 0 Å². The van der Waals surface area contributed by atoms with Gasteiger partial charge in [0.25, 0.3) is 0 Å². The molecule has 0 aliphatic heterocycles. The average molecular weight is 144 g/mol. The molecular formula is C10H10N. The summed E-state index contributed by atoms with van der Waals surface area (Å²) < 4.78 is 0. The van der Waals surface area contributed by atoms with E-state index in [2.05, 4.69) is 35.7 Å². The van der Waals surface area contributed by atoms with Gasteiger partial charge in [-0.05, 0) is 35.6 Å². The molecule has 0 fully saturated rings. The topological polar surface area (TPSA) is 15.8 Å². The Morgan fingerprint density at radius 2 is 2.18 bits per heavy atom. The fourth-order valence-corrected chi connectivity index (χ4v) is 1.25. The quantitative estimate of drug-likeness (QED) is 0.633. The first-order valence-electron chi connectivity index (χ1n) is 3.76. The fourth-order valence-electron chi connectivity index (χ4n) is 1.25. The Morgan fingerprint density at radius 1 is 1.27 bits per heavy atom. The molecule has 2 aromatic rings. The van der Waals surface area contributed by atoms with E-state index in [0.29, 0.717) is 0 Å². The van der Waals surface area contributed by atoms with Crippen LogP contribution in [0, 0.1) is 6.42 Å². The van der Waals surface area contributed by atoms with E-state index >= 15 is 0 Å². The highest BCUT2D eigenvalue weighted by atomic mass is 14.7. The summed E-state index contributed by atoms with van der Waals surface area (Å²) >= 11 is 0. The van der Waals surface area contributed by atoms with Gasteiger partial charge in [0.05, 0.1) is 0 Å². The van der Waals surface area contributed by atoms with Crippen LogP contribution in [0.25, 0.3) is 10.9 Å². The average Bonchev–Trinajstić information content (AvgIpc) is 2.50. The smallest absolute Gasteiger partial charge is 0.0454 e. The summed E-state index contributed by atoms with van der Waals surface area (Å²) in [5, 5.41) is 1.28. The number of hydrogen-bond donors (Lipinski definition) is 1. The Hall–Kier alpha value is -1.24. The number of nitrogens with one attached hydrogen (secondary N) is 1. The van der Waals surface area contributed by atoms with E-state index in [-0.39, 0.29) is 0 Å². The molecule has 11 heavy (non-hydrogen) atoms. The number of rotatable bonds is 1. The molecular weight excluding hydrogens is 134 g/mol. The van der Waals surface area contributed by atoms with E-state index in [9.17, 15) is 0 Å². The molecule has 0 saturated carbocycles. The lowest BCUT2D eigenvalue weighted by atomic mass is 10.1. The van der Waals surface area contributed by atoms with Crippen molar-refractivity contribution in [1.29, 1.82) is 0 Å². The second kappa shape index (κ2) is 2.42. The molecule has 0 saturated heterocycles. The Labute approximate surface area is 66.1 Å². The molecule has 1 radical (unpaired) electrons. The molecule has 0 spiro atoms. The molecule has 1 aromatic heterocycles. The first-order valence-corrected chi connectivity index (χ1v) is 3.76. The van der Waals surface area contributed by atoms with Crippen LogP contribution in [-0.2, 0) is 0 Å². The Kier molecular flexibility index (Phi) is 1.42. The molecule has 1 aromatic carbocycles. The number of aromatic nitrogens is 1. The van der Waals surface area contributed by atoms with Crippen LogP contribution in [0.3, 0.4) is 0 Å². The molecule has 1 N–H and O–H groups in total. The monoisotopic (exact) mass is 144 g/mol. The predicted molar refractivity (Wildman–Crippen MR) is 47.4 cm³/mol. The van der Waals surface area contributed by atoms with Crippen LogP contribution in [-0.4, -0.2) is 4.98 Å². The van der Waals surface area contributed by atoms with Gasteiger partial charge < -0.3 is 4.98 Å². The minimum atomic E-state index is 1.20. The second-order valence-electron chi connectivity index (χ2n) is 2.61. The van der Waals surface area contributed by atoms with Gasteiger partial charge in [0.15, 0.2) is 0 Å². The van der Waals surface area contributed by atoms with Crippen LogP contribution in [0.4, 0.5) is 0 Å². The highest BCUT2D eigenvalue weighted by Gasteiger charge is 1.93. The van der Waals surface area contributed by atoms with Crippen molar-refractivity contribution in [2.45, 2.75) is 6.92 Å². The van der Waals surface area contributed by atoms with Crippen molar-refractivity contribution in [2.24, 2.45) is 0 Å². The van der Waals surface area contributed by atoms with Gasteiger partial charge in [-0.15, -0.1) is 0 Å². The van der Waals surface area contributed by atoms with Crippen molar-refractivity contribution in [3.8, 4) is 0 Å². The molecule has 55 valence electrons. The van der Waals surface area contributed by atoms with Gasteiger partial charge in [0.2, 0.25) is 0 Å². The van der Waals surface area contributed by atoms with Gasteiger partial charge in [-0.1, -0.05) is 13.0 Å². The molecule has 1 heteroatoms. The largest absolute Gasteiger partial charge is 0.361 e. The van der Waals surface area contributed by atoms with Gasteiger partial charge in [0, 0.05) is 11.7 Å². The maximum absolute atomic E-state index is 3.16. The van der Waals surface area contributed by atoms with Gasteiger partial charge in [-0.3, -0.25) is 0 Å². The summed E-state index contributed by atoms with van der Waals surface area (Å²) in [6, 6.07) is 8.47. The van der Waals surface area contributed by atoms with Crippen LogP contribution >= 0.6 is 0 Å². The molecule has 0 bridgehead atoms. The lowest BCUT2D eigenvalue weighted by Gasteiger charge is -1.94. The van der Waals surface area contributed by atoms with Crippen LogP contribution in [0.1, 0.15) is 12.5 Å². The van der Waals surface area contributed by atoms with Crippen molar-refractivity contribution in [1.82, 2.24) is 4.98 Å². The van der Waals surface area contributed by atoms with E-state index in [0.717, 1.165) is 0 Å². The van der Waals surface area contributed by atoms with Crippen molar-refractivity contribution in [3.05, 3.63) is 42.4 Å². The highest BCUT2D eigenvalue weighted by Crippen LogP contribution is 2.14. The van der Waals surface area contributed by atoms with E-state index < -0.39 is 0 Å². The first kappa shape index (κ1) is 6.47. The summed E-state index contributed by atoms with van der Waals surface area (Å²) in [6.45, 7) is 2.05. The maximum Gasteiger partial charge on any atom is 0.0454 e.